The fourth-order valence-electron chi connectivity index (χ4n) is 3.93. The predicted molar refractivity (Wildman–Crippen MR) is 120 cm³/mol. The second-order valence-corrected chi connectivity index (χ2v) is 10.2. The molecule has 10 nitrogen and oxygen atoms in total. The summed E-state index contributed by atoms with van der Waals surface area (Å²) in [6.45, 7) is 15.9. The molecule has 32 heavy (non-hydrogen) atoms. The van der Waals surface area contributed by atoms with Crippen molar-refractivity contribution in [3.05, 3.63) is 12.7 Å². The molecule has 1 saturated heterocycles. The average Bonchev–Trinajstić information content (AvgIpc) is 2.86. The summed E-state index contributed by atoms with van der Waals surface area (Å²) in [6.07, 6.45) is 1.12. The molecule has 0 bridgehead atoms. The number of alkyl carbamates (subject to hydrolysis) is 1. The van der Waals surface area contributed by atoms with Gasteiger partial charge in [0.2, 0.25) is 11.8 Å². The van der Waals surface area contributed by atoms with Gasteiger partial charge in [-0.15, -0.1) is 6.58 Å². The summed E-state index contributed by atoms with van der Waals surface area (Å²) in [5.74, 6) is -2.78. The minimum absolute atomic E-state index is 0.0278. The van der Waals surface area contributed by atoms with Gasteiger partial charge in [-0.25, -0.2) is 4.79 Å². The minimum atomic E-state index is -1.47. The number of carboxylic acid groups (broad SMARTS) is 1. The van der Waals surface area contributed by atoms with Crippen molar-refractivity contribution in [3.63, 3.8) is 0 Å². The minimum Gasteiger partial charge on any atom is -0.480 e. The van der Waals surface area contributed by atoms with Gasteiger partial charge in [-0.05, 0) is 48.0 Å². The first-order valence-corrected chi connectivity index (χ1v) is 10.7. The normalized spacial score (nSPS) is 23.8. The SMILES string of the molecule is C=CCC1[C@@H](C(=O)O)N(CCNC(=O)OC(C)(C)C)CC1(NC(C)=O)C(=O)NC(C)(C)C. The van der Waals surface area contributed by atoms with E-state index >= 15 is 0 Å². The number of nitrogens with zero attached hydrogens (tertiary/aromatic N) is 1. The topological polar surface area (TPSA) is 137 Å². The van der Waals surface area contributed by atoms with Crippen molar-refractivity contribution in [1.29, 1.82) is 0 Å². The van der Waals surface area contributed by atoms with Crippen LogP contribution in [0, 0.1) is 5.92 Å². The Morgan fingerprint density at radius 1 is 1.19 bits per heavy atom. The first-order chi connectivity index (χ1) is 14.5. The molecule has 3 atom stereocenters. The fourth-order valence-corrected chi connectivity index (χ4v) is 3.93. The standard InChI is InChI=1S/C22H38N4O6/c1-9-10-15-16(17(28)29)26(12-11-23-19(31)32-21(6,7)8)13-22(15,24-14(2)27)18(30)25-20(3,4)5/h9,15-16H,1,10-13H2,2-8H3,(H,23,31)(H,24,27)(H,25,30)(H,28,29)/t15?,16-,22?/m0/s1. The summed E-state index contributed by atoms with van der Waals surface area (Å²) >= 11 is 0. The van der Waals surface area contributed by atoms with E-state index in [0.717, 1.165) is 0 Å². The van der Waals surface area contributed by atoms with E-state index < -0.39 is 52.5 Å². The quantitative estimate of drug-likeness (QED) is 0.405. The van der Waals surface area contributed by atoms with Crippen LogP contribution in [0.3, 0.4) is 0 Å². The molecule has 0 spiro atoms. The molecule has 10 heteroatoms. The molecule has 1 heterocycles. The van der Waals surface area contributed by atoms with Crippen LogP contribution in [0.15, 0.2) is 12.7 Å². The van der Waals surface area contributed by atoms with Crippen LogP contribution in [0.1, 0.15) is 54.9 Å². The van der Waals surface area contributed by atoms with Crippen molar-refractivity contribution in [3.8, 4) is 0 Å². The lowest BCUT2D eigenvalue weighted by Gasteiger charge is -2.37. The van der Waals surface area contributed by atoms with E-state index in [1.54, 1.807) is 52.5 Å². The molecule has 0 saturated carbocycles. The van der Waals surface area contributed by atoms with E-state index in [9.17, 15) is 24.3 Å². The molecular formula is C22H38N4O6. The lowest BCUT2D eigenvalue weighted by Crippen LogP contribution is -2.66. The molecule has 1 aliphatic rings. The van der Waals surface area contributed by atoms with Gasteiger partial charge in [0, 0.05) is 38.0 Å². The molecule has 0 radical (unpaired) electrons. The van der Waals surface area contributed by atoms with Crippen molar-refractivity contribution in [2.45, 2.75) is 77.6 Å². The second kappa shape index (κ2) is 10.3. The number of rotatable bonds is 8. The molecule has 4 N–H and O–H groups in total. The number of ether oxygens (including phenoxy) is 1. The Balaban J connectivity index is 3.22. The van der Waals surface area contributed by atoms with Crippen LogP contribution >= 0.6 is 0 Å². The number of aliphatic carboxylic acids is 1. The van der Waals surface area contributed by atoms with Crippen LogP contribution in [0.2, 0.25) is 0 Å². The zero-order valence-corrected chi connectivity index (χ0v) is 20.2. The van der Waals surface area contributed by atoms with Crippen molar-refractivity contribution in [1.82, 2.24) is 20.9 Å². The maximum absolute atomic E-state index is 13.4. The number of likely N-dealkylation sites (tertiary alicyclic amines) is 1. The van der Waals surface area contributed by atoms with Crippen molar-refractivity contribution in [2.75, 3.05) is 19.6 Å². The number of nitrogens with one attached hydrogen (secondary N) is 3. The Morgan fingerprint density at radius 3 is 2.22 bits per heavy atom. The molecule has 0 aliphatic carbocycles. The third kappa shape index (κ3) is 7.51. The zero-order chi connectivity index (χ0) is 24.9. The van der Waals surface area contributed by atoms with E-state index in [-0.39, 0.29) is 26.1 Å². The molecule has 3 amide bonds. The Morgan fingerprint density at radius 2 is 1.78 bits per heavy atom. The van der Waals surface area contributed by atoms with Gasteiger partial charge in [-0.3, -0.25) is 19.3 Å². The number of hydrogen-bond acceptors (Lipinski definition) is 6. The van der Waals surface area contributed by atoms with E-state index in [0.29, 0.717) is 0 Å². The van der Waals surface area contributed by atoms with E-state index in [1.807, 2.05) is 0 Å². The second-order valence-electron chi connectivity index (χ2n) is 10.2. The first kappa shape index (κ1) is 27.4. The predicted octanol–water partition coefficient (Wildman–Crippen LogP) is 1.26. The largest absolute Gasteiger partial charge is 0.480 e. The highest BCUT2D eigenvalue weighted by molar-refractivity contribution is 5.94. The number of carboxylic acids is 1. The van der Waals surface area contributed by atoms with Gasteiger partial charge in [0.05, 0.1) is 0 Å². The van der Waals surface area contributed by atoms with E-state index in [4.69, 9.17) is 4.74 Å². The van der Waals surface area contributed by atoms with Crippen molar-refractivity contribution >= 4 is 23.9 Å². The number of carbonyl (C=O) groups is 4. The van der Waals surface area contributed by atoms with Crippen LogP contribution in [0.4, 0.5) is 4.79 Å². The summed E-state index contributed by atoms with van der Waals surface area (Å²) < 4.78 is 5.20. The maximum atomic E-state index is 13.4. The zero-order valence-electron chi connectivity index (χ0n) is 20.2. The average molecular weight is 455 g/mol. The molecule has 2 unspecified atom stereocenters. The third-order valence-corrected chi connectivity index (χ3v) is 4.89. The molecule has 0 aromatic heterocycles. The van der Waals surface area contributed by atoms with Gasteiger partial charge in [0.25, 0.3) is 0 Å². The monoisotopic (exact) mass is 454 g/mol. The Bertz CT molecular complexity index is 740. The van der Waals surface area contributed by atoms with Gasteiger partial charge >= 0.3 is 12.1 Å². The van der Waals surface area contributed by atoms with Crippen LogP contribution in [0.5, 0.6) is 0 Å². The molecule has 182 valence electrons. The summed E-state index contributed by atoms with van der Waals surface area (Å²) in [5, 5.41) is 18.2. The lowest BCUT2D eigenvalue weighted by molar-refractivity contribution is -0.144. The number of carbonyl (C=O) groups excluding carboxylic acids is 3. The van der Waals surface area contributed by atoms with Crippen LogP contribution < -0.4 is 16.0 Å². The Hall–Kier alpha value is -2.62. The van der Waals surface area contributed by atoms with E-state index in [2.05, 4.69) is 22.5 Å². The maximum Gasteiger partial charge on any atom is 0.407 e. The summed E-state index contributed by atoms with van der Waals surface area (Å²) in [4.78, 5) is 51.2. The molecule has 0 aromatic rings. The van der Waals surface area contributed by atoms with E-state index in [1.165, 1.54) is 6.92 Å². The van der Waals surface area contributed by atoms with Gasteiger partial charge < -0.3 is 25.8 Å². The summed E-state index contributed by atoms with van der Waals surface area (Å²) in [5.41, 5.74) is -2.73. The Kier molecular flexibility index (Phi) is 8.85. The Labute approximate surface area is 190 Å². The highest BCUT2D eigenvalue weighted by Crippen LogP contribution is 2.37. The number of amides is 3. The molecule has 1 aliphatic heterocycles. The van der Waals surface area contributed by atoms with Crippen molar-refractivity contribution in [2.24, 2.45) is 5.92 Å². The smallest absolute Gasteiger partial charge is 0.407 e. The molecule has 1 fully saturated rings. The van der Waals surface area contributed by atoms with Gasteiger partial charge in [-0.2, -0.15) is 0 Å². The van der Waals surface area contributed by atoms with Crippen molar-refractivity contribution < 1.29 is 29.0 Å². The molecule has 0 aromatic carbocycles. The van der Waals surface area contributed by atoms with Gasteiger partial charge in [-0.1, -0.05) is 6.08 Å². The fraction of sp³-hybridized carbons (Fsp3) is 0.727. The highest BCUT2D eigenvalue weighted by Gasteiger charge is 2.59. The number of allylic oxidation sites excluding steroid dienone is 1. The summed E-state index contributed by atoms with van der Waals surface area (Å²) in [7, 11) is 0. The van der Waals surface area contributed by atoms with Crippen LogP contribution in [-0.2, 0) is 19.1 Å². The molecule has 1 rings (SSSR count). The van der Waals surface area contributed by atoms with Crippen LogP contribution in [0.25, 0.3) is 0 Å². The summed E-state index contributed by atoms with van der Waals surface area (Å²) in [6, 6.07) is -1.06. The van der Waals surface area contributed by atoms with Gasteiger partial charge in [0.1, 0.15) is 17.2 Å². The first-order valence-electron chi connectivity index (χ1n) is 10.7. The third-order valence-electron chi connectivity index (χ3n) is 4.89. The number of hydrogen-bond donors (Lipinski definition) is 4. The molecular weight excluding hydrogens is 416 g/mol. The highest BCUT2D eigenvalue weighted by atomic mass is 16.6. The lowest BCUT2D eigenvalue weighted by atomic mass is 9.79. The van der Waals surface area contributed by atoms with Crippen LogP contribution in [-0.4, -0.2) is 76.2 Å². The van der Waals surface area contributed by atoms with Gasteiger partial charge in [0.15, 0.2) is 0 Å².